The van der Waals surface area contributed by atoms with Crippen LogP contribution in [0.15, 0.2) is 37.9 Å². The third-order valence-corrected chi connectivity index (χ3v) is 3.02. The van der Waals surface area contributed by atoms with Gasteiger partial charge in [0.2, 0.25) is 0 Å². The van der Waals surface area contributed by atoms with E-state index in [9.17, 15) is 9.59 Å². The van der Waals surface area contributed by atoms with Crippen molar-refractivity contribution in [2.75, 3.05) is 0 Å². The number of nitrogens with one attached hydrogen (secondary N) is 1. The van der Waals surface area contributed by atoms with E-state index in [1.807, 2.05) is 0 Å². The zero-order valence-corrected chi connectivity index (χ0v) is 8.65. The first-order chi connectivity index (χ1) is 7.77. The van der Waals surface area contributed by atoms with E-state index in [4.69, 9.17) is 4.42 Å². The van der Waals surface area contributed by atoms with Crippen LogP contribution in [-0.4, -0.2) is 14.5 Å². The molecule has 3 heterocycles. The van der Waals surface area contributed by atoms with Gasteiger partial charge < -0.3 is 4.42 Å². The largest absolute Gasteiger partial charge is 0.431 e. The number of nitrogens with zero attached hydrogens (tertiary/aromatic N) is 2. The Morgan fingerprint density at radius 2 is 2.31 bits per heavy atom. The monoisotopic (exact) mass is 235 g/mol. The van der Waals surface area contributed by atoms with Crippen molar-refractivity contribution in [2.45, 2.75) is 0 Å². The Morgan fingerprint density at radius 3 is 3.06 bits per heavy atom. The quantitative estimate of drug-likeness (QED) is 0.674. The predicted octanol–water partition coefficient (Wildman–Crippen LogP) is 0.728. The zero-order valence-electron chi connectivity index (χ0n) is 7.84. The normalized spacial score (nSPS) is 11.0. The van der Waals surface area contributed by atoms with E-state index in [0.717, 1.165) is 0 Å². The molecule has 6 nitrogen and oxygen atoms in total. The maximum atomic E-state index is 11.7. The second-order valence-electron chi connectivity index (χ2n) is 3.05. The van der Waals surface area contributed by atoms with Crippen LogP contribution in [0.5, 0.6) is 0 Å². The number of aromatic amines is 1. The average Bonchev–Trinajstić information content (AvgIpc) is 2.86. The summed E-state index contributed by atoms with van der Waals surface area (Å²) >= 11 is 1.28. The highest BCUT2D eigenvalue weighted by Crippen LogP contribution is 2.17. The van der Waals surface area contributed by atoms with Crippen LogP contribution in [0.25, 0.3) is 16.2 Å². The lowest BCUT2D eigenvalue weighted by Gasteiger charge is -1.99. The molecule has 16 heavy (non-hydrogen) atoms. The maximum absolute atomic E-state index is 11.7. The number of thiophene rings is 1. The number of aromatic nitrogens is 3. The van der Waals surface area contributed by atoms with Crippen LogP contribution in [0, 0.1) is 0 Å². The lowest BCUT2D eigenvalue weighted by Crippen LogP contribution is -2.28. The first-order valence-electron chi connectivity index (χ1n) is 4.40. The van der Waals surface area contributed by atoms with Gasteiger partial charge in [-0.2, -0.15) is 0 Å². The van der Waals surface area contributed by atoms with Gasteiger partial charge in [-0.1, -0.05) is 0 Å². The van der Waals surface area contributed by atoms with Crippen molar-refractivity contribution in [2.24, 2.45) is 0 Å². The third kappa shape index (κ3) is 1.15. The molecule has 0 aliphatic rings. The van der Waals surface area contributed by atoms with Crippen molar-refractivity contribution in [3.63, 3.8) is 0 Å². The van der Waals surface area contributed by atoms with Crippen molar-refractivity contribution >= 4 is 21.6 Å². The summed E-state index contributed by atoms with van der Waals surface area (Å²) in [5.41, 5.74) is -0.952. The van der Waals surface area contributed by atoms with Crippen LogP contribution in [0.3, 0.4) is 0 Å². The summed E-state index contributed by atoms with van der Waals surface area (Å²) in [4.78, 5) is 29.8. The third-order valence-electron chi connectivity index (χ3n) is 2.13. The molecule has 0 amide bonds. The number of fused-ring (bicyclic) bond motifs is 1. The van der Waals surface area contributed by atoms with Crippen LogP contribution in [0.1, 0.15) is 0 Å². The minimum absolute atomic E-state index is 0.147. The summed E-state index contributed by atoms with van der Waals surface area (Å²) in [6.45, 7) is 0. The first-order valence-corrected chi connectivity index (χ1v) is 5.28. The molecule has 0 fully saturated rings. The lowest BCUT2D eigenvalue weighted by molar-refractivity contribution is 0.525. The molecule has 0 saturated carbocycles. The van der Waals surface area contributed by atoms with Crippen molar-refractivity contribution in [3.8, 4) is 6.01 Å². The molecule has 0 aromatic carbocycles. The summed E-state index contributed by atoms with van der Waals surface area (Å²) in [7, 11) is 0. The second kappa shape index (κ2) is 3.17. The molecule has 0 spiro atoms. The van der Waals surface area contributed by atoms with Gasteiger partial charge in [-0.05, 0) is 11.4 Å². The highest BCUT2D eigenvalue weighted by Gasteiger charge is 2.12. The molecule has 0 atom stereocenters. The Labute approximate surface area is 91.8 Å². The van der Waals surface area contributed by atoms with E-state index >= 15 is 0 Å². The summed E-state index contributed by atoms with van der Waals surface area (Å²) in [6, 6.07) is 1.80. The summed E-state index contributed by atoms with van der Waals surface area (Å²) in [5.74, 6) is 0. The molecule has 3 rings (SSSR count). The SMILES string of the molecule is O=c1[nH]c(=O)n(-c2ncco2)c2sccc12. The molecule has 3 aromatic rings. The molecule has 0 aliphatic heterocycles. The average molecular weight is 235 g/mol. The van der Waals surface area contributed by atoms with Crippen molar-refractivity contribution in [1.82, 2.24) is 14.5 Å². The molecule has 0 saturated heterocycles. The number of H-pyrrole nitrogens is 1. The van der Waals surface area contributed by atoms with E-state index < -0.39 is 11.2 Å². The van der Waals surface area contributed by atoms with Crippen molar-refractivity contribution in [1.29, 1.82) is 0 Å². The fraction of sp³-hybridized carbons (Fsp3) is 0. The highest BCUT2D eigenvalue weighted by molar-refractivity contribution is 7.16. The summed E-state index contributed by atoms with van der Waals surface area (Å²) in [5, 5.41) is 2.18. The van der Waals surface area contributed by atoms with Crippen molar-refractivity contribution in [3.05, 3.63) is 44.7 Å². The minimum Gasteiger partial charge on any atom is -0.431 e. The van der Waals surface area contributed by atoms with Crippen LogP contribution in [0.2, 0.25) is 0 Å². The maximum Gasteiger partial charge on any atom is 0.337 e. The zero-order chi connectivity index (χ0) is 11.1. The highest BCUT2D eigenvalue weighted by atomic mass is 32.1. The molecule has 3 aromatic heterocycles. The fourth-order valence-electron chi connectivity index (χ4n) is 1.46. The number of hydrogen-bond donors (Lipinski definition) is 1. The van der Waals surface area contributed by atoms with Gasteiger partial charge in [-0.25, -0.2) is 14.3 Å². The van der Waals surface area contributed by atoms with E-state index in [1.54, 1.807) is 11.4 Å². The molecular formula is C9H5N3O3S. The van der Waals surface area contributed by atoms with E-state index in [2.05, 4.69) is 9.97 Å². The molecule has 0 unspecified atom stereocenters. The number of rotatable bonds is 1. The summed E-state index contributed by atoms with van der Waals surface area (Å²) < 4.78 is 6.29. The van der Waals surface area contributed by atoms with Gasteiger partial charge in [0.25, 0.3) is 5.56 Å². The van der Waals surface area contributed by atoms with Gasteiger partial charge >= 0.3 is 11.7 Å². The van der Waals surface area contributed by atoms with Gasteiger partial charge in [0.15, 0.2) is 0 Å². The Hall–Kier alpha value is -2.15. The fourth-order valence-corrected chi connectivity index (χ4v) is 2.35. The van der Waals surface area contributed by atoms with Gasteiger partial charge in [-0.15, -0.1) is 11.3 Å². The second-order valence-corrected chi connectivity index (χ2v) is 3.94. The van der Waals surface area contributed by atoms with Gasteiger partial charge in [0.1, 0.15) is 11.1 Å². The van der Waals surface area contributed by atoms with Crippen LogP contribution < -0.4 is 11.2 Å². The molecule has 0 radical (unpaired) electrons. The van der Waals surface area contributed by atoms with Crippen LogP contribution in [0.4, 0.5) is 0 Å². The first kappa shape index (κ1) is 9.10. The van der Waals surface area contributed by atoms with Gasteiger partial charge in [0.05, 0.1) is 11.6 Å². The van der Waals surface area contributed by atoms with Crippen LogP contribution in [-0.2, 0) is 0 Å². The Kier molecular flexibility index (Phi) is 1.80. The Balaban J connectivity index is 2.54. The summed E-state index contributed by atoms with van der Waals surface area (Å²) in [6.07, 6.45) is 2.80. The predicted molar refractivity (Wildman–Crippen MR) is 58.1 cm³/mol. The molecular weight excluding hydrogens is 230 g/mol. The minimum atomic E-state index is -0.553. The smallest absolute Gasteiger partial charge is 0.337 e. The molecule has 0 bridgehead atoms. The van der Waals surface area contributed by atoms with E-state index in [1.165, 1.54) is 28.4 Å². The molecule has 80 valence electrons. The number of oxazole rings is 1. The standard InChI is InChI=1S/C9H5N3O3S/c13-6-5-1-4-16-7(5)12(8(14)11-6)9-10-2-3-15-9/h1-4H,(H,11,13,14). The Bertz CT molecular complexity index is 750. The van der Waals surface area contributed by atoms with E-state index in [-0.39, 0.29) is 6.01 Å². The number of hydrogen-bond acceptors (Lipinski definition) is 5. The lowest BCUT2D eigenvalue weighted by atomic mass is 10.4. The molecule has 1 N–H and O–H groups in total. The van der Waals surface area contributed by atoms with Crippen molar-refractivity contribution < 1.29 is 4.42 Å². The Morgan fingerprint density at radius 1 is 1.44 bits per heavy atom. The molecule has 0 aliphatic carbocycles. The molecule has 7 heteroatoms. The topological polar surface area (TPSA) is 80.9 Å². The van der Waals surface area contributed by atoms with E-state index in [0.29, 0.717) is 10.2 Å². The van der Waals surface area contributed by atoms with Crippen LogP contribution >= 0.6 is 11.3 Å². The van der Waals surface area contributed by atoms with Gasteiger partial charge in [-0.3, -0.25) is 9.78 Å². The van der Waals surface area contributed by atoms with Gasteiger partial charge in [0, 0.05) is 0 Å².